The van der Waals surface area contributed by atoms with Crippen LogP contribution in [0.1, 0.15) is 5.56 Å². The topological polar surface area (TPSA) is 99.7 Å². The Bertz CT molecular complexity index is 1060. The van der Waals surface area contributed by atoms with Gasteiger partial charge in [0.1, 0.15) is 16.5 Å². The zero-order chi connectivity index (χ0) is 16.8. The third-order valence-electron chi connectivity index (χ3n) is 3.41. The number of nitrogens with zero attached hydrogens (tertiary/aromatic N) is 1. The third kappa shape index (κ3) is 2.56. The number of sulfonamides is 1. The van der Waals surface area contributed by atoms with Crippen molar-refractivity contribution in [3.63, 3.8) is 0 Å². The van der Waals surface area contributed by atoms with Crippen molar-refractivity contribution in [2.45, 2.75) is 4.90 Å². The maximum atomic E-state index is 14.1. The van der Waals surface area contributed by atoms with Crippen LogP contribution in [-0.4, -0.2) is 13.4 Å². The fourth-order valence-electron chi connectivity index (χ4n) is 2.40. The summed E-state index contributed by atoms with van der Waals surface area (Å²) in [5.41, 5.74) is 0.161. The summed E-state index contributed by atoms with van der Waals surface area (Å²) in [5, 5.41) is 14.1. The number of H-pyrrole nitrogens is 1. The average Bonchev–Trinajstić information content (AvgIpc) is 2.89. The molecular formula is C15H9F2N3O2S. The fraction of sp³-hybridized carbons (Fsp3) is 0. The summed E-state index contributed by atoms with van der Waals surface area (Å²) in [5.74, 6) is -1.75. The number of nitriles is 1. The van der Waals surface area contributed by atoms with Gasteiger partial charge in [-0.15, -0.1) is 0 Å². The van der Waals surface area contributed by atoms with Gasteiger partial charge >= 0.3 is 0 Å². The van der Waals surface area contributed by atoms with Gasteiger partial charge in [-0.2, -0.15) is 5.26 Å². The van der Waals surface area contributed by atoms with E-state index < -0.39 is 21.7 Å². The highest BCUT2D eigenvalue weighted by molar-refractivity contribution is 7.89. The first-order valence-electron chi connectivity index (χ1n) is 6.34. The molecule has 3 rings (SSSR count). The molecule has 1 aromatic heterocycles. The van der Waals surface area contributed by atoms with Crippen LogP contribution in [0.25, 0.3) is 22.0 Å². The lowest BCUT2D eigenvalue weighted by atomic mass is 10.0. The molecule has 8 heteroatoms. The van der Waals surface area contributed by atoms with Crippen LogP contribution in [0.2, 0.25) is 0 Å². The number of primary sulfonamides is 1. The molecule has 0 spiro atoms. The van der Waals surface area contributed by atoms with Gasteiger partial charge in [0.2, 0.25) is 10.0 Å². The average molecular weight is 333 g/mol. The van der Waals surface area contributed by atoms with Crippen molar-refractivity contribution >= 4 is 20.9 Å². The van der Waals surface area contributed by atoms with E-state index in [1.165, 1.54) is 24.4 Å². The van der Waals surface area contributed by atoms with E-state index in [-0.39, 0.29) is 21.6 Å². The lowest BCUT2D eigenvalue weighted by Crippen LogP contribution is -2.11. The Morgan fingerprint density at radius 2 is 1.78 bits per heavy atom. The van der Waals surface area contributed by atoms with Gasteiger partial charge in [-0.05, 0) is 23.8 Å². The molecule has 0 radical (unpaired) electrons. The first-order chi connectivity index (χ1) is 10.8. The van der Waals surface area contributed by atoms with Gasteiger partial charge < -0.3 is 4.98 Å². The van der Waals surface area contributed by atoms with Crippen LogP contribution in [0.3, 0.4) is 0 Å². The van der Waals surface area contributed by atoms with Crippen LogP contribution in [-0.2, 0) is 10.0 Å². The molecule has 23 heavy (non-hydrogen) atoms. The molecule has 0 bridgehead atoms. The van der Waals surface area contributed by atoms with Gasteiger partial charge in [0, 0.05) is 17.1 Å². The Morgan fingerprint density at radius 3 is 2.35 bits per heavy atom. The number of aromatic nitrogens is 1. The molecule has 1 heterocycles. The third-order valence-corrected chi connectivity index (χ3v) is 4.36. The van der Waals surface area contributed by atoms with Gasteiger partial charge in [-0.1, -0.05) is 12.1 Å². The van der Waals surface area contributed by atoms with Crippen molar-refractivity contribution in [2.75, 3.05) is 0 Å². The van der Waals surface area contributed by atoms with Crippen molar-refractivity contribution in [3.8, 4) is 17.2 Å². The van der Waals surface area contributed by atoms with E-state index in [0.29, 0.717) is 10.9 Å². The molecular weight excluding hydrogens is 324 g/mol. The highest BCUT2D eigenvalue weighted by atomic mass is 32.2. The second kappa shape index (κ2) is 5.15. The summed E-state index contributed by atoms with van der Waals surface area (Å²) < 4.78 is 51.0. The van der Waals surface area contributed by atoms with Crippen LogP contribution >= 0.6 is 0 Å². The normalized spacial score (nSPS) is 11.6. The number of benzene rings is 2. The van der Waals surface area contributed by atoms with Crippen molar-refractivity contribution < 1.29 is 17.2 Å². The number of hydrogen-bond acceptors (Lipinski definition) is 3. The highest BCUT2D eigenvalue weighted by Gasteiger charge is 2.17. The molecule has 0 saturated heterocycles. The second-order valence-corrected chi connectivity index (χ2v) is 6.41. The largest absolute Gasteiger partial charge is 0.360 e. The molecule has 0 aliphatic carbocycles. The van der Waals surface area contributed by atoms with Crippen LogP contribution in [0.4, 0.5) is 8.78 Å². The van der Waals surface area contributed by atoms with E-state index in [1.807, 2.05) is 0 Å². The number of rotatable bonds is 2. The molecule has 0 atom stereocenters. The monoisotopic (exact) mass is 333 g/mol. The number of fused-ring (bicyclic) bond motifs is 1. The number of hydrogen-bond donors (Lipinski definition) is 2. The van der Waals surface area contributed by atoms with E-state index >= 15 is 0 Å². The van der Waals surface area contributed by atoms with Crippen molar-refractivity contribution in [1.29, 1.82) is 5.26 Å². The molecule has 3 aromatic rings. The van der Waals surface area contributed by atoms with E-state index in [0.717, 1.165) is 12.1 Å². The first-order valence-corrected chi connectivity index (χ1v) is 7.89. The van der Waals surface area contributed by atoms with Crippen molar-refractivity contribution in [1.82, 2.24) is 4.98 Å². The Balaban J connectivity index is 2.22. The lowest BCUT2D eigenvalue weighted by Gasteiger charge is -2.06. The minimum absolute atomic E-state index is 0.0974. The maximum Gasteiger partial charge on any atom is 0.240 e. The van der Waals surface area contributed by atoms with Gasteiger partial charge in [0.05, 0.1) is 17.2 Å². The SMILES string of the molecule is N#Cc1cc(F)c(-c2ccc3c(S(N)(=O)=O)c[nH]c3c2)c(F)c1. The zero-order valence-corrected chi connectivity index (χ0v) is 12.3. The summed E-state index contributed by atoms with van der Waals surface area (Å²) in [6.07, 6.45) is 1.22. The van der Waals surface area contributed by atoms with Crippen LogP contribution < -0.4 is 5.14 Å². The van der Waals surface area contributed by atoms with Crippen molar-refractivity contribution in [3.05, 3.63) is 53.7 Å². The smallest absolute Gasteiger partial charge is 0.240 e. The fourth-order valence-corrected chi connectivity index (χ4v) is 3.11. The van der Waals surface area contributed by atoms with Crippen LogP contribution in [0.5, 0.6) is 0 Å². The molecule has 5 nitrogen and oxygen atoms in total. The minimum atomic E-state index is -3.90. The van der Waals surface area contributed by atoms with E-state index in [4.69, 9.17) is 10.4 Å². The van der Waals surface area contributed by atoms with Crippen LogP contribution in [0, 0.1) is 23.0 Å². The lowest BCUT2D eigenvalue weighted by molar-refractivity contribution is 0.588. The Hall–Kier alpha value is -2.76. The summed E-state index contributed by atoms with van der Waals surface area (Å²) in [6.45, 7) is 0. The molecule has 3 N–H and O–H groups in total. The highest BCUT2D eigenvalue weighted by Crippen LogP contribution is 2.31. The van der Waals surface area contributed by atoms with Gasteiger partial charge in [0.15, 0.2) is 0 Å². The van der Waals surface area contributed by atoms with Gasteiger partial charge in [-0.25, -0.2) is 22.3 Å². The summed E-state index contributed by atoms with van der Waals surface area (Å²) in [6, 6.07) is 7.76. The molecule has 116 valence electrons. The molecule has 2 aromatic carbocycles. The second-order valence-electron chi connectivity index (χ2n) is 4.88. The molecule has 0 aliphatic rings. The maximum absolute atomic E-state index is 14.1. The summed E-state index contributed by atoms with van der Waals surface area (Å²) >= 11 is 0. The summed E-state index contributed by atoms with van der Waals surface area (Å²) in [7, 11) is -3.90. The summed E-state index contributed by atoms with van der Waals surface area (Å²) in [4.78, 5) is 2.61. The quantitative estimate of drug-likeness (QED) is 0.754. The predicted octanol–water partition coefficient (Wildman–Crippen LogP) is 2.63. The van der Waals surface area contributed by atoms with Gasteiger partial charge in [0.25, 0.3) is 0 Å². The number of halogens is 2. The van der Waals surface area contributed by atoms with Gasteiger partial charge in [-0.3, -0.25) is 0 Å². The molecule has 0 fully saturated rings. The molecule has 0 unspecified atom stereocenters. The van der Waals surface area contributed by atoms with E-state index in [9.17, 15) is 17.2 Å². The Kier molecular flexibility index (Phi) is 3.39. The minimum Gasteiger partial charge on any atom is -0.360 e. The molecule has 0 amide bonds. The van der Waals surface area contributed by atoms with E-state index in [2.05, 4.69) is 4.98 Å². The predicted molar refractivity (Wildman–Crippen MR) is 79.7 cm³/mol. The standard InChI is InChI=1S/C15H9F2N3O2S/c16-11-3-8(6-18)4-12(17)15(11)9-1-2-10-13(5-9)20-7-14(10)23(19,21)22/h1-5,7,20H,(H2,19,21,22). The number of aromatic amines is 1. The zero-order valence-electron chi connectivity index (χ0n) is 11.5. The molecule has 0 aliphatic heterocycles. The number of nitrogens with one attached hydrogen (secondary N) is 1. The number of nitrogens with two attached hydrogens (primary N) is 1. The van der Waals surface area contributed by atoms with Crippen LogP contribution in [0.15, 0.2) is 41.4 Å². The van der Waals surface area contributed by atoms with Crippen molar-refractivity contribution in [2.24, 2.45) is 5.14 Å². The Labute approximate surface area is 130 Å². The van der Waals surface area contributed by atoms with E-state index in [1.54, 1.807) is 6.07 Å². The first kappa shape index (κ1) is 15.1. The Morgan fingerprint density at radius 1 is 1.13 bits per heavy atom. The molecule has 0 saturated carbocycles.